The molecule has 1 aromatic heterocycles. The summed E-state index contributed by atoms with van der Waals surface area (Å²) in [6.07, 6.45) is 0. The van der Waals surface area contributed by atoms with Crippen LogP contribution in [0, 0.1) is 6.92 Å². The molecular formula is C28H21Cl2NO6. The number of aliphatic hydroxyl groups is 1. The highest BCUT2D eigenvalue weighted by Gasteiger charge is 2.46. The summed E-state index contributed by atoms with van der Waals surface area (Å²) < 4.78 is 11.3. The molecule has 0 bridgehead atoms. The third-order valence-electron chi connectivity index (χ3n) is 6.19. The number of hydrogen-bond donors (Lipinski definition) is 2. The van der Waals surface area contributed by atoms with Crippen LogP contribution in [0.1, 0.15) is 34.6 Å². The molecule has 1 aliphatic heterocycles. The summed E-state index contributed by atoms with van der Waals surface area (Å²) in [7, 11) is 0. The summed E-state index contributed by atoms with van der Waals surface area (Å²) in [6, 6.07) is 14.9. The summed E-state index contributed by atoms with van der Waals surface area (Å²) in [5, 5.41) is 22.8. The van der Waals surface area contributed by atoms with Gasteiger partial charge in [0.15, 0.2) is 23.0 Å². The van der Waals surface area contributed by atoms with Gasteiger partial charge in [-0.3, -0.25) is 14.5 Å². The Bertz CT molecular complexity index is 1610. The molecular weight excluding hydrogens is 517 g/mol. The fourth-order valence-corrected chi connectivity index (χ4v) is 4.82. The van der Waals surface area contributed by atoms with Crippen LogP contribution in [-0.4, -0.2) is 28.5 Å². The van der Waals surface area contributed by atoms with Crippen LogP contribution in [0.2, 0.25) is 10.0 Å². The van der Waals surface area contributed by atoms with Gasteiger partial charge in [-0.25, -0.2) is 0 Å². The number of amides is 1. The third-order valence-corrected chi connectivity index (χ3v) is 6.66. The molecule has 0 aliphatic carbocycles. The van der Waals surface area contributed by atoms with E-state index in [0.717, 1.165) is 0 Å². The molecule has 0 spiro atoms. The number of carbonyl (C=O) groups is 2. The lowest BCUT2D eigenvalue weighted by atomic mass is 9.94. The van der Waals surface area contributed by atoms with Gasteiger partial charge in [-0.1, -0.05) is 35.3 Å². The minimum absolute atomic E-state index is 0.0647. The zero-order valence-electron chi connectivity index (χ0n) is 19.8. The fraction of sp³-hybridized carbons (Fsp3) is 0.143. The summed E-state index contributed by atoms with van der Waals surface area (Å²) >= 11 is 12.3. The van der Waals surface area contributed by atoms with Crippen LogP contribution in [0.25, 0.3) is 11.0 Å². The van der Waals surface area contributed by atoms with Crippen LogP contribution in [0.4, 0.5) is 5.69 Å². The van der Waals surface area contributed by atoms with Gasteiger partial charge in [0, 0.05) is 21.1 Å². The van der Waals surface area contributed by atoms with Crippen molar-refractivity contribution in [2.45, 2.75) is 19.9 Å². The lowest BCUT2D eigenvalue weighted by Crippen LogP contribution is -2.31. The van der Waals surface area contributed by atoms with E-state index in [-0.39, 0.29) is 29.4 Å². The minimum atomic E-state index is -1.06. The number of ketones is 1. The first-order valence-corrected chi connectivity index (χ1v) is 12.2. The Morgan fingerprint density at radius 1 is 1.03 bits per heavy atom. The number of fused-ring (bicyclic) bond motifs is 1. The summed E-state index contributed by atoms with van der Waals surface area (Å²) in [5.41, 5.74) is 1.80. The smallest absolute Gasteiger partial charge is 0.294 e. The van der Waals surface area contributed by atoms with E-state index < -0.39 is 23.5 Å². The van der Waals surface area contributed by atoms with Crippen LogP contribution < -0.4 is 9.64 Å². The highest BCUT2D eigenvalue weighted by molar-refractivity contribution is 6.31. The molecule has 0 radical (unpaired) electrons. The number of carbonyl (C=O) groups excluding carboxylic acids is 2. The van der Waals surface area contributed by atoms with Crippen LogP contribution in [0.5, 0.6) is 11.5 Å². The number of benzene rings is 3. The Morgan fingerprint density at radius 3 is 2.51 bits per heavy atom. The number of ether oxygens (including phenoxy) is 1. The first-order chi connectivity index (χ1) is 17.7. The van der Waals surface area contributed by atoms with E-state index in [1.54, 1.807) is 56.3 Å². The standard InChI is InChI=1S/C28H21Cl2NO6/c1-3-36-22-11-15(5-8-20(22)32)25-24(26(33)23-12-16-10-17(29)7-9-21(16)37-23)27(34)28(35)31(25)19-13-18(30)6-4-14(19)2/h4-13,25,32,34H,3H2,1-2H3. The Morgan fingerprint density at radius 2 is 1.76 bits per heavy atom. The maximum atomic E-state index is 13.8. The number of aryl methyl sites for hydroxylation is 1. The van der Waals surface area contributed by atoms with Gasteiger partial charge in [0.25, 0.3) is 5.91 Å². The van der Waals surface area contributed by atoms with Crippen LogP contribution in [-0.2, 0) is 4.79 Å². The van der Waals surface area contributed by atoms with Gasteiger partial charge in [0.2, 0.25) is 5.78 Å². The molecule has 0 saturated carbocycles. The lowest BCUT2D eigenvalue weighted by molar-refractivity contribution is -0.117. The second-order valence-electron chi connectivity index (χ2n) is 8.55. The number of hydrogen-bond acceptors (Lipinski definition) is 6. The average molecular weight is 538 g/mol. The molecule has 1 unspecified atom stereocenters. The van der Waals surface area contributed by atoms with E-state index in [2.05, 4.69) is 0 Å². The zero-order chi connectivity index (χ0) is 26.4. The summed E-state index contributed by atoms with van der Waals surface area (Å²) in [5.74, 6) is -2.15. The highest BCUT2D eigenvalue weighted by Crippen LogP contribution is 2.45. The molecule has 3 aromatic carbocycles. The number of aliphatic hydroxyl groups excluding tert-OH is 1. The molecule has 1 amide bonds. The molecule has 5 rings (SSSR count). The topological polar surface area (TPSA) is 100 Å². The number of aromatic hydroxyl groups is 1. The van der Waals surface area contributed by atoms with Crippen LogP contribution in [0.15, 0.2) is 76.4 Å². The van der Waals surface area contributed by atoms with Crippen molar-refractivity contribution < 1.29 is 29.0 Å². The van der Waals surface area contributed by atoms with E-state index in [1.165, 1.54) is 23.1 Å². The Labute approximate surface area is 222 Å². The van der Waals surface area contributed by atoms with Crippen LogP contribution in [0.3, 0.4) is 0 Å². The largest absolute Gasteiger partial charge is 0.504 e. The lowest BCUT2D eigenvalue weighted by Gasteiger charge is -2.28. The highest BCUT2D eigenvalue weighted by atomic mass is 35.5. The van der Waals surface area contributed by atoms with Gasteiger partial charge in [0.1, 0.15) is 5.58 Å². The zero-order valence-corrected chi connectivity index (χ0v) is 21.3. The van der Waals surface area contributed by atoms with Crippen molar-refractivity contribution in [1.82, 2.24) is 0 Å². The number of nitrogens with zero attached hydrogens (tertiary/aromatic N) is 1. The van der Waals surface area contributed by atoms with Crippen molar-refractivity contribution in [1.29, 1.82) is 0 Å². The van der Waals surface area contributed by atoms with Gasteiger partial charge in [0.05, 0.1) is 18.2 Å². The molecule has 2 heterocycles. The second kappa shape index (κ2) is 9.50. The predicted molar refractivity (Wildman–Crippen MR) is 141 cm³/mol. The Balaban J connectivity index is 1.70. The molecule has 4 aromatic rings. The van der Waals surface area contributed by atoms with Gasteiger partial charge >= 0.3 is 0 Å². The van der Waals surface area contributed by atoms with Gasteiger partial charge in [-0.15, -0.1) is 0 Å². The van der Waals surface area contributed by atoms with Gasteiger partial charge in [-0.2, -0.15) is 0 Å². The number of Topliss-reactive ketones (excluding diaryl/α,β-unsaturated/α-hetero) is 1. The molecule has 2 N–H and O–H groups in total. The summed E-state index contributed by atoms with van der Waals surface area (Å²) in [4.78, 5) is 28.6. The number of furan rings is 1. The number of halogens is 2. The first kappa shape index (κ1) is 24.7. The third kappa shape index (κ3) is 4.30. The van der Waals surface area contributed by atoms with Crippen LogP contribution >= 0.6 is 23.2 Å². The van der Waals surface area contributed by atoms with Crippen molar-refractivity contribution >= 4 is 51.5 Å². The monoisotopic (exact) mass is 537 g/mol. The molecule has 1 atom stereocenters. The molecule has 1 aliphatic rings. The van der Waals surface area contributed by atoms with E-state index in [4.69, 9.17) is 32.4 Å². The molecule has 0 fully saturated rings. The number of rotatable bonds is 6. The van der Waals surface area contributed by atoms with Crippen molar-refractivity contribution in [3.8, 4) is 11.5 Å². The normalized spacial score (nSPS) is 15.6. The maximum absolute atomic E-state index is 13.8. The number of phenolic OH excluding ortho intramolecular Hbond substituents is 1. The summed E-state index contributed by atoms with van der Waals surface area (Å²) in [6.45, 7) is 3.84. The molecule has 37 heavy (non-hydrogen) atoms. The maximum Gasteiger partial charge on any atom is 0.294 e. The van der Waals surface area contributed by atoms with E-state index >= 15 is 0 Å². The first-order valence-electron chi connectivity index (χ1n) is 11.4. The van der Waals surface area contributed by atoms with Gasteiger partial charge in [-0.05, 0) is 73.5 Å². The molecule has 0 saturated heterocycles. The Kier molecular flexibility index (Phi) is 6.35. The number of phenols is 1. The van der Waals surface area contributed by atoms with Crippen molar-refractivity contribution in [3.63, 3.8) is 0 Å². The van der Waals surface area contributed by atoms with E-state index in [9.17, 15) is 19.8 Å². The molecule has 188 valence electrons. The fourth-order valence-electron chi connectivity index (χ4n) is 4.47. The van der Waals surface area contributed by atoms with E-state index in [1.807, 2.05) is 0 Å². The van der Waals surface area contributed by atoms with Crippen molar-refractivity contribution in [3.05, 3.63) is 98.9 Å². The minimum Gasteiger partial charge on any atom is -0.504 e. The van der Waals surface area contributed by atoms with E-state index in [0.29, 0.717) is 37.8 Å². The number of anilines is 1. The van der Waals surface area contributed by atoms with Crippen molar-refractivity contribution in [2.24, 2.45) is 0 Å². The average Bonchev–Trinajstić information content (AvgIpc) is 3.40. The second-order valence-corrected chi connectivity index (χ2v) is 9.43. The van der Waals surface area contributed by atoms with Crippen molar-refractivity contribution in [2.75, 3.05) is 11.5 Å². The predicted octanol–water partition coefficient (Wildman–Crippen LogP) is 6.94. The van der Waals surface area contributed by atoms with Gasteiger partial charge < -0.3 is 19.4 Å². The Hall–Kier alpha value is -3.94. The molecule has 9 heteroatoms. The molecule has 7 nitrogen and oxygen atoms in total. The quantitative estimate of drug-likeness (QED) is 0.258. The SMILES string of the molecule is CCOc1cc(C2C(C(=O)c3cc4cc(Cl)ccc4o3)=C(O)C(=O)N2c2cc(Cl)ccc2C)ccc1O.